The SMILES string of the molecule is N#CC1C(=O)Nc2cc(-c3ccccc3)nn2C1c1ccccc1. The lowest BCUT2D eigenvalue weighted by atomic mass is 9.92. The number of hydrogen-bond donors (Lipinski definition) is 1. The van der Waals surface area contributed by atoms with Gasteiger partial charge in [-0.2, -0.15) is 10.4 Å². The number of aromatic nitrogens is 2. The summed E-state index contributed by atoms with van der Waals surface area (Å²) in [6.45, 7) is 0. The first-order chi connectivity index (χ1) is 11.8. The summed E-state index contributed by atoms with van der Waals surface area (Å²) in [5.41, 5.74) is 2.63. The Morgan fingerprint density at radius 1 is 1.04 bits per heavy atom. The number of carbonyl (C=O) groups is 1. The Balaban J connectivity index is 1.87. The Morgan fingerprint density at radius 2 is 1.71 bits per heavy atom. The zero-order valence-electron chi connectivity index (χ0n) is 12.8. The van der Waals surface area contributed by atoms with Gasteiger partial charge in [-0.3, -0.25) is 4.79 Å². The van der Waals surface area contributed by atoms with Crippen molar-refractivity contribution >= 4 is 11.7 Å². The van der Waals surface area contributed by atoms with Crippen LogP contribution < -0.4 is 5.32 Å². The molecule has 0 bridgehead atoms. The van der Waals surface area contributed by atoms with Crippen LogP contribution in [0.3, 0.4) is 0 Å². The van der Waals surface area contributed by atoms with E-state index in [0.29, 0.717) is 5.82 Å². The Morgan fingerprint density at radius 3 is 2.38 bits per heavy atom. The van der Waals surface area contributed by atoms with Gasteiger partial charge in [-0.1, -0.05) is 60.7 Å². The molecule has 24 heavy (non-hydrogen) atoms. The number of fused-ring (bicyclic) bond motifs is 1. The van der Waals surface area contributed by atoms with Gasteiger partial charge in [0, 0.05) is 11.6 Å². The van der Waals surface area contributed by atoms with Crippen LogP contribution in [0, 0.1) is 17.2 Å². The van der Waals surface area contributed by atoms with E-state index < -0.39 is 12.0 Å². The van der Waals surface area contributed by atoms with Gasteiger partial charge in [0.2, 0.25) is 5.91 Å². The van der Waals surface area contributed by atoms with Crippen LogP contribution in [0.25, 0.3) is 11.3 Å². The summed E-state index contributed by atoms with van der Waals surface area (Å²) in [7, 11) is 0. The highest BCUT2D eigenvalue weighted by Gasteiger charge is 2.38. The molecule has 2 heterocycles. The summed E-state index contributed by atoms with van der Waals surface area (Å²) in [5, 5.41) is 16.9. The summed E-state index contributed by atoms with van der Waals surface area (Å²) < 4.78 is 1.74. The van der Waals surface area contributed by atoms with E-state index >= 15 is 0 Å². The molecule has 2 aromatic carbocycles. The molecule has 1 aliphatic rings. The fourth-order valence-corrected chi connectivity index (χ4v) is 3.05. The Hall–Kier alpha value is -3.39. The molecule has 2 atom stereocenters. The molecular weight excluding hydrogens is 300 g/mol. The molecule has 0 saturated carbocycles. The lowest BCUT2D eigenvalue weighted by molar-refractivity contribution is -0.119. The number of rotatable bonds is 2. The molecule has 4 rings (SSSR count). The first-order valence-electron chi connectivity index (χ1n) is 7.68. The molecule has 1 aromatic heterocycles. The molecule has 0 aliphatic carbocycles. The predicted molar refractivity (Wildman–Crippen MR) is 90.0 cm³/mol. The Labute approximate surface area is 139 Å². The summed E-state index contributed by atoms with van der Waals surface area (Å²) >= 11 is 0. The second-order valence-electron chi connectivity index (χ2n) is 5.68. The van der Waals surface area contributed by atoms with Crippen LogP contribution in [0.5, 0.6) is 0 Å². The van der Waals surface area contributed by atoms with Crippen LogP contribution in [0.1, 0.15) is 11.6 Å². The largest absolute Gasteiger partial charge is 0.310 e. The van der Waals surface area contributed by atoms with E-state index in [-0.39, 0.29) is 5.91 Å². The average Bonchev–Trinajstić information content (AvgIpc) is 3.05. The molecule has 5 heteroatoms. The minimum Gasteiger partial charge on any atom is -0.310 e. The molecule has 1 aliphatic heterocycles. The van der Waals surface area contributed by atoms with E-state index in [1.165, 1.54) is 0 Å². The van der Waals surface area contributed by atoms with E-state index in [0.717, 1.165) is 16.8 Å². The first kappa shape index (κ1) is 14.2. The highest BCUT2D eigenvalue weighted by Crippen LogP contribution is 2.36. The van der Waals surface area contributed by atoms with Crippen LogP contribution in [0.2, 0.25) is 0 Å². The molecular formula is C19H14N4O. The van der Waals surface area contributed by atoms with Crippen molar-refractivity contribution in [2.75, 3.05) is 5.32 Å². The normalized spacial score (nSPS) is 19.2. The van der Waals surface area contributed by atoms with Gasteiger partial charge in [0.05, 0.1) is 11.8 Å². The fraction of sp³-hybridized carbons (Fsp3) is 0.105. The van der Waals surface area contributed by atoms with Gasteiger partial charge in [-0.25, -0.2) is 4.68 Å². The van der Waals surface area contributed by atoms with Crippen molar-refractivity contribution in [3.05, 3.63) is 72.3 Å². The van der Waals surface area contributed by atoms with Gasteiger partial charge in [0.15, 0.2) is 5.92 Å². The second-order valence-corrected chi connectivity index (χ2v) is 5.68. The van der Waals surface area contributed by atoms with Crippen LogP contribution in [0.4, 0.5) is 5.82 Å². The molecule has 116 valence electrons. The minimum absolute atomic E-state index is 0.293. The summed E-state index contributed by atoms with van der Waals surface area (Å²) in [6.07, 6.45) is 0. The standard InChI is InChI=1S/C19H14N4O/c20-12-15-18(14-9-5-2-6-10-14)23-17(21-19(15)24)11-16(22-23)13-7-3-1-4-8-13/h1-11,15,18H,(H,21,24). The summed E-state index contributed by atoms with van der Waals surface area (Å²) in [5.74, 6) is -0.499. The average molecular weight is 314 g/mol. The number of nitriles is 1. The fourth-order valence-electron chi connectivity index (χ4n) is 3.05. The van der Waals surface area contributed by atoms with Gasteiger partial charge in [0.1, 0.15) is 11.9 Å². The van der Waals surface area contributed by atoms with Crippen molar-refractivity contribution in [3.8, 4) is 17.3 Å². The van der Waals surface area contributed by atoms with Gasteiger partial charge in [0.25, 0.3) is 0 Å². The molecule has 3 aromatic rings. The maximum atomic E-state index is 12.3. The third-order valence-electron chi connectivity index (χ3n) is 4.20. The van der Waals surface area contributed by atoms with E-state index in [9.17, 15) is 10.1 Å². The van der Waals surface area contributed by atoms with Gasteiger partial charge in [-0.05, 0) is 5.56 Å². The lowest BCUT2D eigenvalue weighted by Crippen LogP contribution is -2.37. The number of nitrogens with zero attached hydrogens (tertiary/aromatic N) is 3. The quantitative estimate of drug-likeness (QED) is 0.789. The number of nitrogens with one attached hydrogen (secondary N) is 1. The number of benzene rings is 2. The van der Waals surface area contributed by atoms with Crippen molar-refractivity contribution in [2.45, 2.75) is 6.04 Å². The van der Waals surface area contributed by atoms with Crippen LogP contribution >= 0.6 is 0 Å². The van der Waals surface area contributed by atoms with E-state index in [1.54, 1.807) is 4.68 Å². The number of carbonyl (C=O) groups excluding carboxylic acids is 1. The van der Waals surface area contributed by atoms with Crippen molar-refractivity contribution in [2.24, 2.45) is 5.92 Å². The Bertz CT molecular complexity index is 925. The zero-order chi connectivity index (χ0) is 16.5. The monoisotopic (exact) mass is 314 g/mol. The second kappa shape index (κ2) is 5.67. The lowest BCUT2D eigenvalue weighted by Gasteiger charge is -2.28. The first-order valence-corrected chi connectivity index (χ1v) is 7.68. The van der Waals surface area contributed by atoms with Crippen molar-refractivity contribution in [1.29, 1.82) is 5.26 Å². The molecule has 1 N–H and O–H groups in total. The molecule has 0 radical (unpaired) electrons. The van der Waals surface area contributed by atoms with E-state index in [1.807, 2.05) is 66.7 Å². The zero-order valence-corrected chi connectivity index (χ0v) is 12.8. The highest BCUT2D eigenvalue weighted by atomic mass is 16.2. The number of hydrogen-bond acceptors (Lipinski definition) is 3. The molecule has 0 spiro atoms. The highest BCUT2D eigenvalue weighted by molar-refractivity contribution is 5.96. The van der Waals surface area contributed by atoms with Crippen LogP contribution in [-0.2, 0) is 4.79 Å². The summed E-state index contributed by atoms with van der Waals surface area (Å²) in [6, 6.07) is 22.8. The topological polar surface area (TPSA) is 70.7 Å². The van der Waals surface area contributed by atoms with Crippen molar-refractivity contribution in [3.63, 3.8) is 0 Å². The molecule has 0 saturated heterocycles. The van der Waals surface area contributed by atoms with Crippen molar-refractivity contribution in [1.82, 2.24) is 9.78 Å². The maximum absolute atomic E-state index is 12.3. The van der Waals surface area contributed by atoms with E-state index in [4.69, 9.17) is 0 Å². The summed E-state index contributed by atoms with van der Waals surface area (Å²) in [4.78, 5) is 12.3. The molecule has 2 unspecified atom stereocenters. The smallest absolute Gasteiger partial charge is 0.245 e. The van der Waals surface area contributed by atoms with Gasteiger partial charge < -0.3 is 5.32 Å². The molecule has 5 nitrogen and oxygen atoms in total. The van der Waals surface area contributed by atoms with Gasteiger partial charge >= 0.3 is 0 Å². The molecule has 0 fully saturated rings. The van der Waals surface area contributed by atoms with Crippen LogP contribution in [-0.4, -0.2) is 15.7 Å². The van der Waals surface area contributed by atoms with Gasteiger partial charge in [-0.15, -0.1) is 0 Å². The van der Waals surface area contributed by atoms with Crippen molar-refractivity contribution < 1.29 is 4.79 Å². The predicted octanol–water partition coefficient (Wildman–Crippen LogP) is 3.23. The minimum atomic E-state index is -0.816. The van der Waals surface area contributed by atoms with E-state index in [2.05, 4.69) is 16.5 Å². The third kappa shape index (κ3) is 2.25. The van der Waals surface area contributed by atoms with Crippen LogP contribution in [0.15, 0.2) is 66.7 Å². The number of amides is 1. The Kier molecular flexibility index (Phi) is 3.36. The molecule has 1 amide bonds. The maximum Gasteiger partial charge on any atom is 0.245 e. The number of anilines is 1. The third-order valence-corrected chi connectivity index (χ3v) is 4.20.